The average Bonchev–Trinajstić information content (AvgIpc) is 3.14. The molecule has 1 amide bonds. The Bertz CT molecular complexity index is 640. The second kappa shape index (κ2) is 11.6. The number of aliphatic imine (C=N–C) groups is 1. The van der Waals surface area contributed by atoms with Crippen LogP contribution in [0.2, 0.25) is 4.34 Å². The molecule has 158 valence electrons. The second-order valence-corrected chi connectivity index (χ2v) is 8.88. The molecule has 6 nitrogen and oxygen atoms in total. The van der Waals surface area contributed by atoms with Crippen LogP contribution in [-0.4, -0.2) is 54.1 Å². The number of hydrogen-bond acceptors (Lipinski definition) is 4. The molecule has 28 heavy (non-hydrogen) atoms. The van der Waals surface area contributed by atoms with E-state index in [9.17, 15) is 9.90 Å². The number of amides is 1. The van der Waals surface area contributed by atoms with Crippen molar-refractivity contribution in [2.45, 2.75) is 58.6 Å². The third-order valence-corrected chi connectivity index (χ3v) is 6.50. The van der Waals surface area contributed by atoms with Crippen molar-refractivity contribution in [3.8, 4) is 0 Å². The van der Waals surface area contributed by atoms with Crippen LogP contribution in [-0.2, 0) is 4.79 Å². The number of carbonyl (C=O) groups excluding carboxylic acids is 1. The summed E-state index contributed by atoms with van der Waals surface area (Å²) < 4.78 is 0.665. The van der Waals surface area contributed by atoms with Crippen molar-refractivity contribution in [3.63, 3.8) is 0 Å². The van der Waals surface area contributed by atoms with Crippen molar-refractivity contribution < 1.29 is 9.90 Å². The minimum absolute atomic E-state index is 0.149. The number of aliphatic hydroxyl groups is 1. The maximum Gasteiger partial charge on any atom is 0.225 e. The van der Waals surface area contributed by atoms with Gasteiger partial charge in [0.05, 0.1) is 10.9 Å². The molecule has 0 aromatic carbocycles. The van der Waals surface area contributed by atoms with E-state index < -0.39 is 6.10 Å². The van der Waals surface area contributed by atoms with Gasteiger partial charge in [0, 0.05) is 36.5 Å². The summed E-state index contributed by atoms with van der Waals surface area (Å²) in [6, 6.07) is 3.89. The van der Waals surface area contributed by atoms with Gasteiger partial charge in [0.1, 0.15) is 6.10 Å². The van der Waals surface area contributed by atoms with E-state index in [0.717, 1.165) is 50.2 Å². The molecule has 0 radical (unpaired) electrons. The Morgan fingerprint density at radius 2 is 2.00 bits per heavy atom. The molecule has 8 heteroatoms. The highest BCUT2D eigenvalue weighted by Crippen LogP contribution is 2.27. The zero-order chi connectivity index (χ0) is 20.5. The molecule has 0 spiro atoms. The van der Waals surface area contributed by atoms with Crippen LogP contribution in [0.5, 0.6) is 0 Å². The third kappa shape index (κ3) is 6.64. The van der Waals surface area contributed by atoms with Crippen molar-refractivity contribution in [3.05, 3.63) is 21.3 Å². The Morgan fingerprint density at radius 1 is 1.32 bits per heavy atom. The molecule has 0 bridgehead atoms. The summed E-state index contributed by atoms with van der Waals surface area (Å²) in [7, 11) is 0. The fourth-order valence-electron chi connectivity index (χ4n) is 3.43. The molecule has 3 N–H and O–H groups in total. The molecular weight excluding hydrogens is 396 g/mol. The van der Waals surface area contributed by atoms with Gasteiger partial charge in [-0.15, -0.1) is 11.3 Å². The summed E-state index contributed by atoms with van der Waals surface area (Å²) in [5, 5.41) is 17.0. The first kappa shape index (κ1) is 23.0. The lowest BCUT2D eigenvalue weighted by Crippen LogP contribution is -2.50. The molecule has 2 heterocycles. The first-order chi connectivity index (χ1) is 13.5. The maximum atomic E-state index is 12.5. The number of likely N-dealkylation sites (tertiary alicyclic amines) is 1. The molecule has 1 saturated heterocycles. The number of piperidine rings is 1. The summed E-state index contributed by atoms with van der Waals surface area (Å²) in [6.07, 6.45) is 2.96. The number of aliphatic hydroxyl groups excluding tert-OH is 1. The van der Waals surface area contributed by atoms with Gasteiger partial charge in [-0.2, -0.15) is 0 Å². The van der Waals surface area contributed by atoms with Crippen LogP contribution in [0.15, 0.2) is 17.1 Å². The van der Waals surface area contributed by atoms with E-state index in [-0.39, 0.29) is 18.5 Å². The normalized spacial score (nSPS) is 17.1. The zero-order valence-electron chi connectivity index (χ0n) is 17.1. The van der Waals surface area contributed by atoms with Gasteiger partial charge in [-0.05, 0) is 44.7 Å². The molecule has 1 aromatic rings. The average molecular weight is 429 g/mol. The van der Waals surface area contributed by atoms with Crippen molar-refractivity contribution in [1.82, 2.24) is 15.5 Å². The van der Waals surface area contributed by atoms with Gasteiger partial charge < -0.3 is 20.6 Å². The van der Waals surface area contributed by atoms with Crippen LogP contribution in [0, 0.1) is 5.92 Å². The van der Waals surface area contributed by atoms with Gasteiger partial charge >= 0.3 is 0 Å². The number of rotatable bonds is 8. The first-order valence-electron chi connectivity index (χ1n) is 10.2. The lowest BCUT2D eigenvalue weighted by atomic mass is 9.98. The SMILES string of the molecule is CCNC(=NCC(O)c1ccc(Cl)s1)NC1CCN(C(=O)C(CC)CC)CC1. The van der Waals surface area contributed by atoms with Crippen LogP contribution in [0.3, 0.4) is 0 Å². The Morgan fingerprint density at radius 3 is 2.54 bits per heavy atom. The van der Waals surface area contributed by atoms with E-state index in [1.54, 1.807) is 6.07 Å². The predicted octanol–water partition coefficient (Wildman–Crippen LogP) is 3.42. The largest absolute Gasteiger partial charge is 0.386 e. The van der Waals surface area contributed by atoms with Crippen LogP contribution < -0.4 is 10.6 Å². The number of guanidine groups is 1. The Balaban J connectivity index is 1.86. The minimum atomic E-state index is -0.660. The Labute approximate surface area is 177 Å². The van der Waals surface area contributed by atoms with Crippen molar-refractivity contribution >= 4 is 34.8 Å². The number of carbonyl (C=O) groups is 1. The Kier molecular flexibility index (Phi) is 9.55. The standard InChI is InChI=1S/C20H33ClN4O2S/c1-4-14(5-2)19(27)25-11-9-15(10-12-25)24-20(22-6-3)23-13-16(26)17-7-8-18(21)28-17/h7-8,14-16,26H,4-6,9-13H2,1-3H3,(H2,22,23,24). The highest BCUT2D eigenvalue weighted by molar-refractivity contribution is 7.16. The highest BCUT2D eigenvalue weighted by Gasteiger charge is 2.26. The molecule has 2 rings (SSSR count). The Hall–Kier alpha value is -1.31. The summed E-state index contributed by atoms with van der Waals surface area (Å²) in [5.41, 5.74) is 0. The van der Waals surface area contributed by atoms with Crippen molar-refractivity contribution in [2.24, 2.45) is 10.9 Å². The fourth-order valence-corrected chi connectivity index (χ4v) is 4.47. The second-order valence-electron chi connectivity index (χ2n) is 7.13. The summed E-state index contributed by atoms with van der Waals surface area (Å²) >= 11 is 7.31. The fraction of sp³-hybridized carbons (Fsp3) is 0.700. The summed E-state index contributed by atoms with van der Waals surface area (Å²) in [5.74, 6) is 1.14. The maximum absolute atomic E-state index is 12.5. The van der Waals surface area contributed by atoms with E-state index in [4.69, 9.17) is 11.6 Å². The molecule has 1 atom stereocenters. The molecule has 0 saturated carbocycles. The van der Waals surface area contributed by atoms with E-state index in [0.29, 0.717) is 16.2 Å². The first-order valence-corrected chi connectivity index (χ1v) is 11.4. The van der Waals surface area contributed by atoms with Crippen LogP contribution >= 0.6 is 22.9 Å². The smallest absolute Gasteiger partial charge is 0.225 e. The molecular formula is C20H33ClN4O2S. The van der Waals surface area contributed by atoms with Gasteiger partial charge in [-0.3, -0.25) is 9.79 Å². The number of nitrogens with one attached hydrogen (secondary N) is 2. The number of hydrogen-bond donors (Lipinski definition) is 3. The van der Waals surface area contributed by atoms with E-state index in [2.05, 4.69) is 29.5 Å². The van der Waals surface area contributed by atoms with Crippen molar-refractivity contribution in [1.29, 1.82) is 0 Å². The monoisotopic (exact) mass is 428 g/mol. The van der Waals surface area contributed by atoms with Crippen LogP contribution in [0.4, 0.5) is 0 Å². The minimum Gasteiger partial charge on any atom is -0.386 e. The number of halogens is 1. The van der Waals surface area contributed by atoms with Crippen LogP contribution in [0.1, 0.15) is 57.4 Å². The predicted molar refractivity (Wildman–Crippen MR) is 117 cm³/mol. The summed E-state index contributed by atoms with van der Waals surface area (Å²) in [4.78, 5) is 19.9. The van der Waals surface area contributed by atoms with Gasteiger partial charge in [0.15, 0.2) is 5.96 Å². The van der Waals surface area contributed by atoms with E-state index in [1.165, 1.54) is 11.3 Å². The zero-order valence-corrected chi connectivity index (χ0v) is 18.7. The molecule has 1 unspecified atom stereocenters. The quantitative estimate of drug-likeness (QED) is 0.438. The lowest BCUT2D eigenvalue weighted by molar-refractivity contribution is -0.136. The van der Waals surface area contributed by atoms with Gasteiger partial charge in [-0.1, -0.05) is 25.4 Å². The van der Waals surface area contributed by atoms with Crippen LogP contribution in [0.25, 0.3) is 0 Å². The third-order valence-electron chi connectivity index (χ3n) is 5.17. The van der Waals surface area contributed by atoms with Gasteiger partial charge in [0.2, 0.25) is 5.91 Å². The highest BCUT2D eigenvalue weighted by atomic mass is 35.5. The number of thiophene rings is 1. The number of nitrogens with zero attached hydrogens (tertiary/aromatic N) is 2. The lowest BCUT2D eigenvalue weighted by Gasteiger charge is -2.35. The topological polar surface area (TPSA) is 77.0 Å². The van der Waals surface area contributed by atoms with Crippen molar-refractivity contribution in [2.75, 3.05) is 26.2 Å². The molecule has 1 aliphatic heterocycles. The van der Waals surface area contributed by atoms with E-state index in [1.807, 2.05) is 17.9 Å². The van der Waals surface area contributed by atoms with E-state index >= 15 is 0 Å². The summed E-state index contributed by atoms with van der Waals surface area (Å²) in [6.45, 7) is 8.77. The van der Waals surface area contributed by atoms with Gasteiger partial charge in [0.25, 0.3) is 0 Å². The molecule has 1 aliphatic rings. The molecule has 1 aromatic heterocycles. The van der Waals surface area contributed by atoms with Gasteiger partial charge in [-0.25, -0.2) is 0 Å². The molecule has 0 aliphatic carbocycles. The molecule has 1 fully saturated rings.